The van der Waals surface area contributed by atoms with E-state index in [4.69, 9.17) is 4.98 Å². The van der Waals surface area contributed by atoms with Crippen LogP contribution in [0.3, 0.4) is 0 Å². The monoisotopic (exact) mass is 587 g/mol. The van der Waals surface area contributed by atoms with Crippen molar-refractivity contribution < 1.29 is 17.4 Å². The third-order valence-corrected chi connectivity index (χ3v) is 11.2. The van der Waals surface area contributed by atoms with Gasteiger partial charge in [-0.25, -0.2) is 13.4 Å². The number of sulfonamides is 1. The highest BCUT2D eigenvalue weighted by molar-refractivity contribution is 7.92. The zero-order valence-electron chi connectivity index (χ0n) is 22.5. The fourth-order valence-corrected chi connectivity index (χ4v) is 8.40. The number of aromatic nitrogens is 2. The molecule has 2 aliphatic heterocycles. The van der Waals surface area contributed by atoms with E-state index in [1.807, 2.05) is 42.4 Å². The van der Waals surface area contributed by atoms with Gasteiger partial charge in [-0.05, 0) is 42.3 Å². The lowest BCUT2D eigenvalue weighted by atomic mass is 9.64. The molecule has 2 aromatic carbocycles. The molecular formula is C30H29N5O4S2. The maximum absolute atomic E-state index is 13.4. The van der Waals surface area contributed by atoms with Crippen molar-refractivity contribution in [1.29, 1.82) is 0 Å². The number of likely N-dealkylation sites (N-methyl/N-ethyl adjacent to an activating group) is 1. The topological polar surface area (TPSA) is 113 Å². The molecule has 1 spiro atoms. The van der Waals surface area contributed by atoms with Crippen LogP contribution in [0.15, 0.2) is 71.9 Å². The van der Waals surface area contributed by atoms with Crippen LogP contribution in [0, 0.1) is 0 Å². The van der Waals surface area contributed by atoms with Gasteiger partial charge < -0.3 is 9.80 Å². The van der Waals surface area contributed by atoms with Gasteiger partial charge in [0.15, 0.2) is 5.82 Å². The number of benzene rings is 2. The quantitative estimate of drug-likeness (QED) is 0.376. The molecule has 210 valence electrons. The van der Waals surface area contributed by atoms with Crippen molar-refractivity contribution in [2.45, 2.75) is 23.2 Å². The molecule has 41 heavy (non-hydrogen) atoms. The summed E-state index contributed by atoms with van der Waals surface area (Å²) in [6, 6.07) is 16.0. The maximum Gasteiger partial charge on any atom is 0.262 e. The predicted octanol–water partition coefficient (Wildman–Crippen LogP) is 3.72. The molecule has 1 N–H and O–H groups in total. The first-order valence-electron chi connectivity index (χ1n) is 13.6. The van der Waals surface area contributed by atoms with Gasteiger partial charge in [0.2, 0.25) is 0 Å². The van der Waals surface area contributed by atoms with Gasteiger partial charge >= 0.3 is 0 Å². The van der Waals surface area contributed by atoms with Crippen LogP contribution < -0.4 is 14.5 Å². The number of hydrogen-bond acceptors (Lipinski definition) is 8. The van der Waals surface area contributed by atoms with Crippen LogP contribution in [0.4, 0.5) is 17.2 Å². The molecule has 0 radical (unpaired) electrons. The van der Waals surface area contributed by atoms with Crippen LogP contribution in [0.1, 0.15) is 18.4 Å². The van der Waals surface area contributed by atoms with Gasteiger partial charge in [-0.1, -0.05) is 24.3 Å². The summed E-state index contributed by atoms with van der Waals surface area (Å²) in [6.07, 6.45) is 5.03. The number of ketones is 1. The summed E-state index contributed by atoms with van der Waals surface area (Å²) in [5.41, 5.74) is 4.30. The van der Waals surface area contributed by atoms with Gasteiger partial charge in [0.25, 0.3) is 10.0 Å². The Balaban J connectivity index is 1.34. The van der Waals surface area contributed by atoms with E-state index >= 15 is 0 Å². The Morgan fingerprint density at radius 3 is 2.46 bits per heavy atom. The minimum absolute atomic E-state index is 0.156. The van der Waals surface area contributed by atoms with Crippen LogP contribution in [0.2, 0.25) is 0 Å². The van der Waals surface area contributed by atoms with Gasteiger partial charge in [-0.15, -0.1) is 0 Å². The molecule has 4 aromatic rings. The molecule has 1 atom stereocenters. The summed E-state index contributed by atoms with van der Waals surface area (Å²) in [5.74, 6) is 1.79. The summed E-state index contributed by atoms with van der Waals surface area (Å²) in [7, 11) is -2.77. The van der Waals surface area contributed by atoms with Gasteiger partial charge in [-0.2, -0.15) is 0 Å². The Kier molecular flexibility index (Phi) is 6.13. The lowest BCUT2D eigenvalue weighted by Crippen LogP contribution is -2.48. The zero-order chi connectivity index (χ0) is 28.4. The van der Waals surface area contributed by atoms with E-state index in [-0.39, 0.29) is 10.7 Å². The summed E-state index contributed by atoms with van der Waals surface area (Å²) >= 11 is 0. The van der Waals surface area contributed by atoms with E-state index in [1.54, 1.807) is 36.5 Å². The van der Waals surface area contributed by atoms with Crippen LogP contribution >= 0.6 is 0 Å². The predicted molar refractivity (Wildman–Crippen MR) is 162 cm³/mol. The van der Waals surface area contributed by atoms with E-state index in [0.717, 1.165) is 39.7 Å². The van der Waals surface area contributed by atoms with Gasteiger partial charge in [-0.3, -0.25) is 18.7 Å². The molecular weight excluding hydrogens is 558 g/mol. The van der Waals surface area contributed by atoms with E-state index in [2.05, 4.69) is 14.6 Å². The Labute approximate surface area is 241 Å². The Morgan fingerprint density at radius 1 is 0.976 bits per heavy atom. The van der Waals surface area contributed by atoms with E-state index in [1.165, 1.54) is 0 Å². The number of rotatable bonds is 5. The SMILES string of the molecule is CN1C[C@@]2(CCC2=O)c2c1cnc1ccc(-c3cnc(N4CCS(=O)CC4)c(NS(=O)(=O)c4ccccc4)c3)cc21. The number of pyridine rings is 2. The second-order valence-corrected chi connectivity index (χ2v) is 14.3. The smallest absolute Gasteiger partial charge is 0.262 e. The van der Waals surface area contributed by atoms with Crippen molar-refractivity contribution in [3.8, 4) is 11.1 Å². The summed E-state index contributed by atoms with van der Waals surface area (Å²) in [6.45, 7) is 1.71. The first-order chi connectivity index (χ1) is 19.7. The first-order valence-corrected chi connectivity index (χ1v) is 16.6. The highest BCUT2D eigenvalue weighted by Gasteiger charge is 2.54. The first kappa shape index (κ1) is 26.1. The normalized spacial score (nSPS) is 20.9. The Bertz CT molecular complexity index is 1840. The molecule has 0 bridgehead atoms. The third kappa shape index (κ3) is 4.29. The Hall–Kier alpha value is -3.83. The lowest BCUT2D eigenvalue weighted by Gasteiger charge is -2.37. The molecule has 1 saturated carbocycles. The van der Waals surface area contributed by atoms with Crippen molar-refractivity contribution in [3.05, 3.63) is 72.6 Å². The molecule has 3 aliphatic rings. The molecule has 9 nitrogen and oxygen atoms in total. The minimum atomic E-state index is -3.88. The fraction of sp³-hybridized carbons (Fsp3) is 0.300. The van der Waals surface area contributed by atoms with Crippen LogP contribution in [-0.2, 0) is 31.0 Å². The van der Waals surface area contributed by atoms with Crippen molar-refractivity contribution in [3.63, 3.8) is 0 Å². The average Bonchev–Trinajstić information content (AvgIpc) is 3.32. The van der Waals surface area contributed by atoms with Gasteiger partial charge in [0.05, 0.1) is 33.4 Å². The zero-order valence-corrected chi connectivity index (χ0v) is 24.2. The van der Waals surface area contributed by atoms with Gasteiger partial charge in [0, 0.05) is 78.1 Å². The molecule has 0 amide bonds. The standard InChI is InChI=1S/C30H29N5O4S2/c1-34-19-30(10-9-27(30)36)28-23-15-20(7-8-24(23)31-18-26(28)34)21-16-25(33-41(38,39)22-5-3-2-4-6-22)29(32-17-21)35-11-13-40(37)14-12-35/h2-8,15-18,33H,9-14,19H2,1H3/t30-/m1/s1. The number of anilines is 3. The van der Waals surface area contributed by atoms with Crippen molar-refractivity contribution in [2.24, 2.45) is 0 Å². The molecule has 4 heterocycles. The second-order valence-electron chi connectivity index (χ2n) is 11.0. The van der Waals surface area contributed by atoms with Crippen molar-refractivity contribution in [2.75, 3.05) is 52.7 Å². The number of nitrogens with one attached hydrogen (secondary N) is 1. The van der Waals surface area contributed by atoms with E-state index in [0.29, 0.717) is 49.1 Å². The number of fused-ring (bicyclic) bond motifs is 4. The molecule has 0 unspecified atom stereocenters. The second kappa shape index (κ2) is 9.63. The number of hydrogen-bond donors (Lipinski definition) is 1. The van der Waals surface area contributed by atoms with Gasteiger partial charge in [0.1, 0.15) is 5.78 Å². The van der Waals surface area contributed by atoms with Crippen molar-refractivity contribution in [1.82, 2.24) is 9.97 Å². The fourth-order valence-electron chi connectivity index (χ4n) is 6.28. The molecule has 1 saturated heterocycles. The maximum atomic E-state index is 13.4. The third-order valence-electron chi connectivity index (χ3n) is 8.53. The number of Topliss-reactive ketones (excluding diaryl/α,β-unsaturated/α-hetero) is 1. The molecule has 2 aromatic heterocycles. The molecule has 1 aliphatic carbocycles. The molecule has 11 heteroatoms. The number of carbonyl (C=O) groups excluding carboxylic acids is 1. The van der Waals surface area contributed by atoms with E-state index < -0.39 is 26.2 Å². The highest BCUT2D eigenvalue weighted by Crippen LogP contribution is 2.52. The van der Waals surface area contributed by atoms with E-state index in [9.17, 15) is 17.4 Å². The van der Waals surface area contributed by atoms with Crippen LogP contribution in [0.5, 0.6) is 0 Å². The summed E-state index contributed by atoms with van der Waals surface area (Å²) in [5, 5.41) is 0.936. The Morgan fingerprint density at radius 2 is 1.76 bits per heavy atom. The minimum Gasteiger partial charge on any atom is -0.372 e. The average molecular weight is 588 g/mol. The van der Waals surface area contributed by atoms with Crippen LogP contribution in [0.25, 0.3) is 22.0 Å². The molecule has 2 fully saturated rings. The number of nitrogens with zero attached hydrogens (tertiary/aromatic N) is 4. The lowest BCUT2D eigenvalue weighted by molar-refractivity contribution is -0.130. The number of carbonyl (C=O) groups is 1. The van der Waals surface area contributed by atoms with Crippen LogP contribution in [-0.4, -0.2) is 66.6 Å². The summed E-state index contributed by atoms with van der Waals surface area (Å²) < 4.78 is 41.5. The van der Waals surface area contributed by atoms with Crippen molar-refractivity contribution >= 4 is 54.7 Å². The largest absolute Gasteiger partial charge is 0.372 e. The summed E-state index contributed by atoms with van der Waals surface area (Å²) in [4.78, 5) is 26.6. The molecule has 7 rings (SSSR count). The highest BCUT2D eigenvalue weighted by atomic mass is 32.2.